The van der Waals surface area contributed by atoms with E-state index in [1.807, 2.05) is 0 Å². The number of methoxy groups -OCH3 is 1. The minimum absolute atomic E-state index is 0.0865. The van der Waals surface area contributed by atoms with E-state index in [2.05, 4.69) is 5.32 Å². The van der Waals surface area contributed by atoms with Crippen molar-refractivity contribution < 1.29 is 27.1 Å². The van der Waals surface area contributed by atoms with E-state index < -0.39 is 28.0 Å². The van der Waals surface area contributed by atoms with Crippen molar-refractivity contribution in [1.82, 2.24) is 9.21 Å². The first-order chi connectivity index (χ1) is 14.3. The monoisotopic (exact) mass is 435 g/mol. The smallest absolute Gasteiger partial charge is 0.322 e. The molecule has 30 heavy (non-hydrogen) atoms. The third kappa shape index (κ3) is 4.25. The molecule has 2 bridgehead atoms. The number of halogens is 1. The highest BCUT2D eigenvalue weighted by molar-refractivity contribution is 7.89. The lowest BCUT2D eigenvalue weighted by Crippen LogP contribution is -2.61. The molecule has 4 rings (SSSR count). The van der Waals surface area contributed by atoms with Crippen LogP contribution in [0.4, 0.5) is 14.9 Å². The molecule has 0 aliphatic carbocycles. The molecule has 2 amide bonds. The number of hydrogen-bond acceptors (Lipinski definition) is 5. The number of carbonyl (C=O) groups is 1. The van der Waals surface area contributed by atoms with Gasteiger partial charge in [-0.1, -0.05) is 6.07 Å². The van der Waals surface area contributed by atoms with Crippen LogP contribution in [0, 0.1) is 5.82 Å². The van der Waals surface area contributed by atoms with Crippen LogP contribution in [0.2, 0.25) is 0 Å². The second kappa shape index (κ2) is 8.21. The molecule has 2 aromatic carbocycles. The van der Waals surface area contributed by atoms with Gasteiger partial charge < -0.3 is 19.7 Å². The zero-order chi connectivity index (χ0) is 21.3. The molecule has 0 spiro atoms. The van der Waals surface area contributed by atoms with Crippen LogP contribution in [0.25, 0.3) is 0 Å². The van der Waals surface area contributed by atoms with E-state index in [1.54, 1.807) is 36.3 Å². The third-order valence-corrected chi connectivity index (χ3v) is 6.94. The topological polar surface area (TPSA) is 88.2 Å². The lowest BCUT2D eigenvalue weighted by atomic mass is 10.1. The van der Waals surface area contributed by atoms with Gasteiger partial charge in [0, 0.05) is 18.8 Å². The zero-order valence-corrected chi connectivity index (χ0v) is 17.1. The molecule has 2 aromatic rings. The van der Waals surface area contributed by atoms with Gasteiger partial charge in [-0.3, -0.25) is 0 Å². The third-order valence-electron chi connectivity index (χ3n) is 5.11. The Morgan fingerprint density at radius 2 is 1.77 bits per heavy atom. The van der Waals surface area contributed by atoms with E-state index in [1.165, 1.54) is 22.5 Å². The molecular weight excluding hydrogens is 413 g/mol. The quantitative estimate of drug-likeness (QED) is 0.795. The van der Waals surface area contributed by atoms with Crippen molar-refractivity contribution in [3.63, 3.8) is 0 Å². The number of fused-ring (bicyclic) bond motifs is 2. The number of amides is 2. The van der Waals surface area contributed by atoms with Crippen molar-refractivity contribution in [3.05, 3.63) is 54.3 Å². The van der Waals surface area contributed by atoms with Gasteiger partial charge in [-0.05, 0) is 42.5 Å². The molecule has 10 heteroatoms. The number of sulfonamides is 1. The van der Waals surface area contributed by atoms with Crippen LogP contribution in [0.5, 0.6) is 5.75 Å². The minimum Gasteiger partial charge on any atom is -0.497 e. The van der Waals surface area contributed by atoms with Gasteiger partial charge in [-0.15, -0.1) is 0 Å². The highest BCUT2D eigenvalue weighted by Crippen LogP contribution is 2.26. The van der Waals surface area contributed by atoms with Gasteiger partial charge in [0.05, 0.1) is 37.3 Å². The predicted molar refractivity (Wildman–Crippen MR) is 107 cm³/mol. The Morgan fingerprint density at radius 3 is 2.37 bits per heavy atom. The van der Waals surface area contributed by atoms with Crippen molar-refractivity contribution in [2.24, 2.45) is 0 Å². The van der Waals surface area contributed by atoms with E-state index in [0.29, 0.717) is 11.4 Å². The number of anilines is 1. The van der Waals surface area contributed by atoms with E-state index in [-0.39, 0.29) is 37.1 Å². The number of morpholine rings is 2. The Hall–Kier alpha value is -2.69. The summed E-state index contributed by atoms with van der Waals surface area (Å²) in [4.78, 5) is 14.2. The maximum Gasteiger partial charge on any atom is 0.322 e. The molecule has 2 aliphatic rings. The summed E-state index contributed by atoms with van der Waals surface area (Å²) in [5.41, 5.74) is 0.632. The first-order valence-corrected chi connectivity index (χ1v) is 10.9. The Morgan fingerprint density at radius 1 is 1.10 bits per heavy atom. The molecule has 8 nitrogen and oxygen atoms in total. The Bertz CT molecular complexity index is 1020. The van der Waals surface area contributed by atoms with Gasteiger partial charge in [0.2, 0.25) is 10.0 Å². The first-order valence-electron chi connectivity index (χ1n) is 9.46. The molecule has 0 saturated carbocycles. The van der Waals surface area contributed by atoms with Gasteiger partial charge in [0.25, 0.3) is 0 Å². The number of rotatable bonds is 4. The standard InChI is InChI=1S/C20H22FN3O5S/c1-28-16-7-5-15(6-8-16)22-20(25)23-10-17-12-24(13-18(11-23)29-17)30(26,27)19-4-2-3-14(21)9-19/h2-9,17-18H,10-13H2,1H3,(H,22,25). The number of benzene rings is 2. The summed E-state index contributed by atoms with van der Waals surface area (Å²) in [5.74, 6) is 0.0828. The summed E-state index contributed by atoms with van der Waals surface area (Å²) < 4.78 is 51.5. The van der Waals surface area contributed by atoms with Crippen LogP contribution in [-0.4, -0.2) is 69.2 Å². The molecule has 2 fully saturated rings. The Kier molecular flexibility index (Phi) is 5.63. The number of ether oxygens (including phenoxy) is 2. The predicted octanol–water partition coefficient (Wildman–Crippen LogP) is 2.14. The fourth-order valence-electron chi connectivity index (χ4n) is 3.67. The van der Waals surface area contributed by atoms with Gasteiger partial charge in [-0.2, -0.15) is 4.31 Å². The van der Waals surface area contributed by atoms with Crippen molar-refractivity contribution in [2.45, 2.75) is 17.1 Å². The summed E-state index contributed by atoms with van der Waals surface area (Å²) in [6.45, 7) is 0.713. The van der Waals surface area contributed by atoms with Crippen molar-refractivity contribution in [2.75, 3.05) is 38.6 Å². The number of urea groups is 1. The number of hydrogen-bond donors (Lipinski definition) is 1. The summed E-state index contributed by atoms with van der Waals surface area (Å²) in [6.07, 6.45) is -0.912. The van der Waals surface area contributed by atoms with Crippen molar-refractivity contribution in [1.29, 1.82) is 0 Å². The lowest BCUT2D eigenvalue weighted by Gasteiger charge is -2.45. The molecule has 1 N–H and O–H groups in total. The molecule has 2 aliphatic heterocycles. The van der Waals surface area contributed by atoms with Crippen LogP contribution in [0.15, 0.2) is 53.4 Å². The maximum absolute atomic E-state index is 13.5. The molecule has 0 radical (unpaired) electrons. The number of carbonyl (C=O) groups excluding carboxylic acids is 1. The molecular formula is C20H22FN3O5S. The van der Waals surface area contributed by atoms with Crippen LogP contribution < -0.4 is 10.1 Å². The van der Waals surface area contributed by atoms with E-state index in [0.717, 1.165) is 6.07 Å². The SMILES string of the molecule is COc1ccc(NC(=O)N2CC3CN(S(=O)(=O)c4cccc(F)c4)CC(C2)O3)cc1. The molecule has 2 atom stereocenters. The van der Waals surface area contributed by atoms with Crippen LogP contribution >= 0.6 is 0 Å². The van der Waals surface area contributed by atoms with Gasteiger partial charge in [0.15, 0.2) is 0 Å². The average Bonchev–Trinajstić information content (AvgIpc) is 2.73. The Balaban J connectivity index is 1.41. The van der Waals surface area contributed by atoms with Crippen molar-refractivity contribution >= 4 is 21.7 Å². The molecule has 2 unspecified atom stereocenters. The molecule has 160 valence electrons. The van der Waals surface area contributed by atoms with E-state index >= 15 is 0 Å². The number of nitrogens with zero attached hydrogens (tertiary/aromatic N) is 2. The fraction of sp³-hybridized carbons (Fsp3) is 0.350. The lowest BCUT2D eigenvalue weighted by molar-refractivity contribution is -0.110. The first kappa shape index (κ1) is 20.6. The summed E-state index contributed by atoms with van der Waals surface area (Å²) >= 11 is 0. The van der Waals surface area contributed by atoms with E-state index in [9.17, 15) is 17.6 Å². The second-order valence-electron chi connectivity index (χ2n) is 7.22. The highest BCUT2D eigenvalue weighted by atomic mass is 32.2. The Labute approximate surface area is 174 Å². The summed E-state index contributed by atoms with van der Waals surface area (Å²) in [7, 11) is -2.27. The minimum atomic E-state index is -3.84. The number of nitrogens with one attached hydrogen (secondary N) is 1. The van der Waals surface area contributed by atoms with Gasteiger partial charge in [0.1, 0.15) is 11.6 Å². The maximum atomic E-state index is 13.5. The van der Waals surface area contributed by atoms with Crippen LogP contribution in [0.3, 0.4) is 0 Å². The second-order valence-corrected chi connectivity index (χ2v) is 9.16. The molecule has 2 saturated heterocycles. The van der Waals surface area contributed by atoms with E-state index in [4.69, 9.17) is 9.47 Å². The summed E-state index contributed by atoms with van der Waals surface area (Å²) in [6, 6.07) is 11.7. The summed E-state index contributed by atoms with van der Waals surface area (Å²) in [5, 5.41) is 2.83. The van der Waals surface area contributed by atoms with Crippen LogP contribution in [0.1, 0.15) is 0 Å². The van der Waals surface area contributed by atoms with Gasteiger partial charge >= 0.3 is 6.03 Å². The fourth-order valence-corrected chi connectivity index (χ4v) is 5.21. The van der Waals surface area contributed by atoms with Crippen LogP contribution in [-0.2, 0) is 14.8 Å². The van der Waals surface area contributed by atoms with Crippen molar-refractivity contribution in [3.8, 4) is 5.75 Å². The van der Waals surface area contributed by atoms with Gasteiger partial charge in [-0.25, -0.2) is 17.6 Å². The molecule has 2 heterocycles. The average molecular weight is 435 g/mol. The highest BCUT2D eigenvalue weighted by Gasteiger charge is 2.41. The normalized spacial score (nSPS) is 21.9. The largest absolute Gasteiger partial charge is 0.497 e. The zero-order valence-electron chi connectivity index (χ0n) is 16.3. The molecule has 0 aromatic heterocycles.